The first-order valence-electron chi connectivity index (χ1n) is 4.25. The van der Waals surface area contributed by atoms with E-state index in [0.29, 0.717) is 13.0 Å². The Bertz CT molecular complexity index is 341. The van der Waals surface area contributed by atoms with Crippen LogP contribution in [0.15, 0.2) is 16.9 Å². The molecule has 76 valence electrons. The third-order valence-electron chi connectivity index (χ3n) is 1.72. The van der Waals surface area contributed by atoms with Crippen LogP contribution in [0.4, 0.5) is 5.69 Å². The summed E-state index contributed by atoms with van der Waals surface area (Å²) in [4.78, 5) is 15.2. The molecule has 0 unspecified atom stereocenters. The fourth-order valence-electron chi connectivity index (χ4n) is 0.996. The number of carbonyl (C=O) groups excluding carboxylic acids is 1. The first-order valence-corrected chi connectivity index (χ1v) is 5.05. The summed E-state index contributed by atoms with van der Waals surface area (Å²) >= 11 is 3.25. The number of pyridine rings is 1. The molecule has 0 aromatic carbocycles. The molecule has 1 aromatic rings. The molecule has 5 heteroatoms. The second-order valence-electron chi connectivity index (χ2n) is 2.91. The number of anilines is 1. The third kappa shape index (κ3) is 3.08. The smallest absolute Gasteiger partial charge is 0.225 e. The molecule has 0 atom stereocenters. The van der Waals surface area contributed by atoms with E-state index in [4.69, 9.17) is 5.73 Å². The van der Waals surface area contributed by atoms with Crippen molar-refractivity contribution < 1.29 is 4.79 Å². The number of nitrogens with zero attached hydrogens (tertiary/aromatic N) is 1. The zero-order chi connectivity index (χ0) is 10.6. The molecule has 1 rings (SSSR count). The lowest BCUT2D eigenvalue weighted by molar-refractivity contribution is -0.116. The van der Waals surface area contributed by atoms with Crippen molar-refractivity contribution in [2.24, 2.45) is 5.73 Å². The minimum Gasteiger partial charge on any atom is -0.330 e. The molecule has 0 aliphatic heterocycles. The van der Waals surface area contributed by atoms with Gasteiger partial charge in [-0.2, -0.15) is 0 Å². The van der Waals surface area contributed by atoms with E-state index in [-0.39, 0.29) is 5.91 Å². The Labute approximate surface area is 91.0 Å². The van der Waals surface area contributed by atoms with Gasteiger partial charge >= 0.3 is 0 Å². The van der Waals surface area contributed by atoms with E-state index in [1.54, 1.807) is 6.20 Å². The maximum atomic E-state index is 11.2. The van der Waals surface area contributed by atoms with E-state index in [2.05, 4.69) is 26.2 Å². The van der Waals surface area contributed by atoms with E-state index in [1.165, 1.54) is 0 Å². The van der Waals surface area contributed by atoms with Crippen LogP contribution < -0.4 is 11.1 Å². The standard InChI is InChI=1S/C9H12BrN3O/c1-6-4-8(10)12-5-7(6)13-9(14)2-3-11/h4-5H,2-3,11H2,1H3,(H,13,14). The summed E-state index contributed by atoms with van der Waals surface area (Å²) in [6.07, 6.45) is 1.95. The topological polar surface area (TPSA) is 68.0 Å². The number of aromatic nitrogens is 1. The largest absolute Gasteiger partial charge is 0.330 e. The minimum atomic E-state index is -0.0836. The lowest BCUT2D eigenvalue weighted by Gasteiger charge is -2.06. The number of hydrogen-bond donors (Lipinski definition) is 2. The molecule has 0 fully saturated rings. The molecule has 0 saturated heterocycles. The molecular formula is C9H12BrN3O. The molecule has 0 saturated carbocycles. The zero-order valence-corrected chi connectivity index (χ0v) is 9.47. The Hall–Kier alpha value is -0.940. The quantitative estimate of drug-likeness (QED) is 0.806. The van der Waals surface area contributed by atoms with Gasteiger partial charge in [0.2, 0.25) is 5.91 Å². The number of amides is 1. The van der Waals surface area contributed by atoms with Crippen LogP contribution >= 0.6 is 15.9 Å². The van der Waals surface area contributed by atoms with Crippen molar-refractivity contribution in [3.8, 4) is 0 Å². The Balaban J connectivity index is 2.72. The number of carbonyl (C=O) groups is 1. The van der Waals surface area contributed by atoms with Gasteiger partial charge in [0.25, 0.3) is 0 Å². The first kappa shape index (κ1) is 11.1. The van der Waals surface area contributed by atoms with Crippen LogP contribution in [-0.4, -0.2) is 17.4 Å². The Kier molecular flexibility index (Phi) is 4.03. The average Bonchev–Trinajstić information content (AvgIpc) is 2.10. The van der Waals surface area contributed by atoms with E-state index in [9.17, 15) is 4.79 Å². The van der Waals surface area contributed by atoms with Crippen LogP contribution in [-0.2, 0) is 4.79 Å². The van der Waals surface area contributed by atoms with Crippen molar-refractivity contribution in [1.29, 1.82) is 0 Å². The molecular weight excluding hydrogens is 246 g/mol. The van der Waals surface area contributed by atoms with Crippen LogP contribution in [0.1, 0.15) is 12.0 Å². The number of nitrogens with two attached hydrogens (primary N) is 1. The van der Waals surface area contributed by atoms with E-state index >= 15 is 0 Å². The highest BCUT2D eigenvalue weighted by Gasteiger charge is 2.04. The van der Waals surface area contributed by atoms with Gasteiger partial charge in [-0.1, -0.05) is 0 Å². The highest BCUT2D eigenvalue weighted by Crippen LogP contribution is 2.17. The van der Waals surface area contributed by atoms with Gasteiger partial charge in [-0.25, -0.2) is 4.98 Å². The van der Waals surface area contributed by atoms with Crippen molar-refractivity contribution in [3.05, 3.63) is 22.4 Å². The number of halogens is 1. The van der Waals surface area contributed by atoms with Crippen molar-refractivity contribution in [2.45, 2.75) is 13.3 Å². The molecule has 4 nitrogen and oxygen atoms in total. The van der Waals surface area contributed by atoms with Gasteiger partial charge in [0.05, 0.1) is 11.9 Å². The zero-order valence-electron chi connectivity index (χ0n) is 7.88. The average molecular weight is 258 g/mol. The normalized spacial score (nSPS) is 9.93. The summed E-state index contributed by atoms with van der Waals surface area (Å²) < 4.78 is 0.756. The van der Waals surface area contributed by atoms with Crippen LogP contribution in [0, 0.1) is 6.92 Å². The molecule has 0 radical (unpaired) electrons. The highest BCUT2D eigenvalue weighted by molar-refractivity contribution is 9.10. The SMILES string of the molecule is Cc1cc(Br)ncc1NC(=O)CCN. The molecule has 3 N–H and O–H groups in total. The summed E-state index contributed by atoms with van der Waals surface area (Å²) in [5.41, 5.74) is 6.96. The Morgan fingerprint density at radius 2 is 2.43 bits per heavy atom. The Morgan fingerprint density at radius 1 is 1.71 bits per heavy atom. The second-order valence-corrected chi connectivity index (χ2v) is 3.72. The third-order valence-corrected chi connectivity index (χ3v) is 2.16. The minimum absolute atomic E-state index is 0.0836. The van der Waals surface area contributed by atoms with Gasteiger partial charge in [0.1, 0.15) is 4.60 Å². The van der Waals surface area contributed by atoms with Crippen molar-refractivity contribution in [1.82, 2.24) is 4.98 Å². The maximum Gasteiger partial charge on any atom is 0.225 e. The van der Waals surface area contributed by atoms with Crippen LogP contribution in [0.25, 0.3) is 0 Å². The van der Waals surface area contributed by atoms with Crippen LogP contribution in [0.3, 0.4) is 0 Å². The first-order chi connectivity index (χ1) is 6.63. The van der Waals surface area contributed by atoms with E-state index in [0.717, 1.165) is 15.9 Å². The molecule has 0 aliphatic rings. The van der Waals surface area contributed by atoms with Gasteiger partial charge in [-0.15, -0.1) is 0 Å². The summed E-state index contributed by atoms with van der Waals surface area (Å²) in [6, 6.07) is 1.85. The summed E-state index contributed by atoms with van der Waals surface area (Å²) in [6.45, 7) is 2.26. The second kappa shape index (κ2) is 5.07. The van der Waals surface area contributed by atoms with Gasteiger partial charge in [0.15, 0.2) is 0 Å². The van der Waals surface area contributed by atoms with Crippen molar-refractivity contribution in [2.75, 3.05) is 11.9 Å². The molecule has 0 spiro atoms. The van der Waals surface area contributed by atoms with Crippen molar-refractivity contribution in [3.63, 3.8) is 0 Å². The predicted octanol–water partition coefficient (Wildman–Crippen LogP) is 1.44. The predicted molar refractivity (Wildman–Crippen MR) is 59.0 cm³/mol. The molecule has 0 aliphatic carbocycles. The van der Waals surface area contributed by atoms with Gasteiger partial charge in [-0.3, -0.25) is 4.79 Å². The number of hydrogen-bond acceptors (Lipinski definition) is 3. The van der Waals surface area contributed by atoms with Gasteiger partial charge in [-0.05, 0) is 34.5 Å². The monoisotopic (exact) mass is 257 g/mol. The fraction of sp³-hybridized carbons (Fsp3) is 0.333. The van der Waals surface area contributed by atoms with E-state index in [1.807, 2.05) is 13.0 Å². The number of rotatable bonds is 3. The summed E-state index contributed by atoms with van der Waals surface area (Å²) in [5, 5.41) is 2.74. The number of nitrogens with one attached hydrogen (secondary N) is 1. The maximum absolute atomic E-state index is 11.2. The highest BCUT2D eigenvalue weighted by atomic mass is 79.9. The molecule has 1 heterocycles. The molecule has 1 amide bonds. The Morgan fingerprint density at radius 3 is 3.00 bits per heavy atom. The lowest BCUT2D eigenvalue weighted by atomic mass is 10.2. The molecule has 14 heavy (non-hydrogen) atoms. The van der Waals surface area contributed by atoms with Crippen LogP contribution in [0.5, 0.6) is 0 Å². The van der Waals surface area contributed by atoms with Gasteiger partial charge < -0.3 is 11.1 Å². The molecule has 1 aromatic heterocycles. The van der Waals surface area contributed by atoms with Crippen molar-refractivity contribution >= 4 is 27.5 Å². The lowest BCUT2D eigenvalue weighted by Crippen LogP contribution is -2.16. The molecule has 0 bridgehead atoms. The number of aryl methyl sites for hydroxylation is 1. The van der Waals surface area contributed by atoms with Crippen LogP contribution in [0.2, 0.25) is 0 Å². The van der Waals surface area contributed by atoms with Gasteiger partial charge in [0, 0.05) is 13.0 Å². The fourth-order valence-corrected chi connectivity index (χ4v) is 1.44. The van der Waals surface area contributed by atoms with E-state index < -0.39 is 0 Å². The summed E-state index contributed by atoms with van der Waals surface area (Å²) in [7, 11) is 0. The summed E-state index contributed by atoms with van der Waals surface area (Å²) in [5.74, 6) is -0.0836.